The van der Waals surface area contributed by atoms with Gasteiger partial charge in [0.2, 0.25) is 10.0 Å². The van der Waals surface area contributed by atoms with Gasteiger partial charge in [-0.15, -0.1) is 0 Å². The van der Waals surface area contributed by atoms with Crippen LogP contribution in [-0.4, -0.2) is 31.8 Å². The summed E-state index contributed by atoms with van der Waals surface area (Å²) in [6, 6.07) is 4.60. The SMILES string of the molecule is CC1CCCC1.CN(C)S(=O)(=O)c1ccc2c(Cl)cnc(Cl)c2c1. The van der Waals surface area contributed by atoms with E-state index in [0.717, 1.165) is 10.2 Å². The first kappa shape index (κ1) is 19.4. The molecule has 1 fully saturated rings. The molecular weight excluding hydrogens is 367 g/mol. The first-order valence-electron chi connectivity index (χ1n) is 7.89. The lowest BCUT2D eigenvalue weighted by Gasteiger charge is -2.12. The van der Waals surface area contributed by atoms with Crippen molar-refractivity contribution >= 4 is 44.0 Å². The molecule has 3 rings (SSSR count). The largest absolute Gasteiger partial charge is 0.242 e. The highest BCUT2D eigenvalue weighted by Gasteiger charge is 2.18. The maximum absolute atomic E-state index is 12.0. The predicted octanol–water partition coefficient (Wildman–Crippen LogP) is 4.99. The van der Waals surface area contributed by atoms with Crippen molar-refractivity contribution < 1.29 is 8.42 Å². The van der Waals surface area contributed by atoms with Gasteiger partial charge >= 0.3 is 0 Å². The number of fused-ring (bicyclic) bond motifs is 1. The zero-order valence-electron chi connectivity index (χ0n) is 14.1. The highest BCUT2D eigenvalue weighted by atomic mass is 35.5. The lowest BCUT2D eigenvalue weighted by atomic mass is 10.2. The Morgan fingerprint density at radius 2 is 1.75 bits per heavy atom. The van der Waals surface area contributed by atoms with Gasteiger partial charge in [0, 0.05) is 31.1 Å². The summed E-state index contributed by atoms with van der Waals surface area (Å²) in [7, 11) is -0.555. The highest BCUT2D eigenvalue weighted by molar-refractivity contribution is 7.89. The molecular formula is C17H22Cl2N2O2S. The molecule has 0 radical (unpaired) electrons. The van der Waals surface area contributed by atoms with E-state index in [2.05, 4.69) is 11.9 Å². The van der Waals surface area contributed by atoms with Gasteiger partial charge in [-0.2, -0.15) is 0 Å². The maximum atomic E-state index is 12.0. The van der Waals surface area contributed by atoms with Crippen molar-refractivity contribution in [3.8, 4) is 0 Å². The van der Waals surface area contributed by atoms with Gasteiger partial charge in [-0.1, -0.05) is 61.9 Å². The summed E-state index contributed by atoms with van der Waals surface area (Å²) in [5.41, 5.74) is 0. The van der Waals surface area contributed by atoms with E-state index in [9.17, 15) is 8.42 Å². The molecule has 1 aromatic carbocycles. The third-order valence-electron chi connectivity index (χ3n) is 4.18. The molecule has 1 aliphatic rings. The topological polar surface area (TPSA) is 50.3 Å². The minimum absolute atomic E-state index is 0.158. The predicted molar refractivity (Wildman–Crippen MR) is 100 cm³/mol. The second-order valence-electron chi connectivity index (χ2n) is 6.28. The van der Waals surface area contributed by atoms with Gasteiger partial charge in [-0.25, -0.2) is 17.7 Å². The Hall–Kier alpha value is -0.880. The summed E-state index contributed by atoms with van der Waals surface area (Å²) < 4.78 is 25.1. The summed E-state index contributed by atoms with van der Waals surface area (Å²) in [4.78, 5) is 4.06. The first-order valence-corrected chi connectivity index (χ1v) is 10.1. The average molecular weight is 389 g/mol. The standard InChI is InChI=1S/C11H10Cl2N2O2S.C6H12/c1-15(2)18(16,17)7-3-4-8-9(5-7)11(13)14-6-10(8)12;1-6-4-2-3-5-6/h3-6H,1-2H3;6H,2-5H2,1H3. The van der Waals surface area contributed by atoms with Crippen LogP contribution in [0.4, 0.5) is 0 Å². The van der Waals surface area contributed by atoms with Crippen LogP contribution >= 0.6 is 23.2 Å². The third-order valence-corrected chi connectivity index (χ3v) is 6.60. The summed E-state index contributed by atoms with van der Waals surface area (Å²) in [6.07, 6.45) is 7.38. The molecule has 1 heterocycles. The number of pyridine rings is 1. The zero-order chi connectivity index (χ0) is 17.9. The van der Waals surface area contributed by atoms with E-state index in [-0.39, 0.29) is 10.0 Å². The van der Waals surface area contributed by atoms with Crippen LogP contribution in [0.15, 0.2) is 29.3 Å². The summed E-state index contributed by atoms with van der Waals surface area (Å²) >= 11 is 11.9. The molecule has 0 unspecified atom stereocenters. The Kier molecular flexibility index (Phi) is 6.48. The van der Waals surface area contributed by atoms with Crippen LogP contribution in [-0.2, 0) is 10.0 Å². The molecule has 1 saturated carbocycles. The van der Waals surface area contributed by atoms with Gasteiger partial charge in [0.25, 0.3) is 0 Å². The molecule has 0 amide bonds. The number of aromatic nitrogens is 1. The Morgan fingerprint density at radius 1 is 1.12 bits per heavy atom. The van der Waals surface area contributed by atoms with Gasteiger partial charge in [0.15, 0.2) is 0 Å². The summed E-state index contributed by atoms with van der Waals surface area (Å²) in [5, 5.41) is 1.86. The fourth-order valence-electron chi connectivity index (χ4n) is 2.66. The number of hydrogen-bond donors (Lipinski definition) is 0. The van der Waals surface area contributed by atoms with E-state index >= 15 is 0 Å². The Morgan fingerprint density at radius 3 is 2.25 bits per heavy atom. The van der Waals surface area contributed by atoms with Crippen molar-refractivity contribution in [2.24, 2.45) is 5.92 Å². The molecule has 0 atom stereocenters. The fourth-order valence-corrected chi connectivity index (χ4v) is 4.00. The number of nitrogens with zero attached hydrogens (tertiary/aromatic N) is 2. The van der Waals surface area contributed by atoms with E-state index in [4.69, 9.17) is 23.2 Å². The molecule has 0 bridgehead atoms. The summed E-state index contributed by atoms with van der Waals surface area (Å²) in [5.74, 6) is 1.05. The molecule has 0 aliphatic heterocycles. The second-order valence-corrected chi connectivity index (χ2v) is 9.20. The average Bonchev–Trinajstić information content (AvgIpc) is 3.02. The van der Waals surface area contributed by atoms with Crippen molar-refractivity contribution in [1.29, 1.82) is 0 Å². The monoisotopic (exact) mass is 388 g/mol. The van der Waals surface area contributed by atoms with E-state index in [1.165, 1.54) is 58.1 Å². The molecule has 0 N–H and O–H groups in total. The van der Waals surface area contributed by atoms with Crippen LogP contribution < -0.4 is 0 Å². The number of hydrogen-bond acceptors (Lipinski definition) is 3. The fraction of sp³-hybridized carbons (Fsp3) is 0.471. The van der Waals surface area contributed by atoms with Gasteiger partial charge in [0.1, 0.15) is 5.15 Å². The van der Waals surface area contributed by atoms with Crippen LogP contribution in [0.5, 0.6) is 0 Å². The normalized spacial score (nSPS) is 15.6. The van der Waals surface area contributed by atoms with Crippen LogP contribution in [0.25, 0.3) is 10.8 Å². The van der Waals surface area contributed by atoms with Gasteiger partial charge in [-0.05, 0) is 18.1 Å². The van der Waals surface area contributed by atoms with E-state index < -0.39 is 10.0 Å². The molecule has 1 aliphatic carbocycles. The maximum Gasteiger partial charge on any atom is 0.242 e. The van der Waals surface area contributed by atoms with E-state index in [0.29, 0.717) is 15.8 Å². The Labute approximate surface area is 153 Å². The Balaban J connectivity index is 0.000000292. The zero-order valence-corrected chi connectivity index (χ0v) is 16.4. The lowest BCUT2D eigenvalue weighted by molar-refractivity contribution is 0.521. The lowest BCUT2D eigenvalue weighted by Crippen LogP contribution is -2.22. The molecule has 7 heteroatoms. The van der Waals surface area contributed by atoms with Gasteiger partial charge in [0.05, 0.1) is 9.92 Å². The van der Waals surface area contributed by atoms with Crippen LogP contribution in [0.3, 0.4) is 0 Å². The van der Waals surface area contributed by atoms with Gasteiger partial charge < -0.3 is 0 Å². The molecule has 24 heavy (non-hydrogen) atoms. The minimum atomic E-state index is -3.49. The molecule has 2 aromatic rings. The number of sulfonamides is 1. The minimum Gasteiger partial charge on any atom is -0.242 e. The van der Waals surface area contributed by atoms with Crippen molar-refractivity contribution in [3.05, 3.63) is 34.6 Å². The molecule has 132 valence electrons. The Bertz CT molecular complexity index is 817. The molecule has 0 saturated heterocycles. The van der Waals surface area contributed by atoms with Crippen LogP contribution in [0.1, 0.15) is 32.6 Å². The third kappa shape index (κ3) is 4.39. The first-order chi connectivity index (χ1) is 11.2. The van der Waals surface area contributed by atoms with Crippen molar-refractivity contribution in [3.63, 3.8) is 0 Å². The van der Waals surface area contributed by atoms with Crippen molar-refractivity contribution in [2.75, 3.05) is 14.1 Å². The summed E-state index contributed by atoms with van der Waals surface area (Å²) in [6.45, 7) is 2.34. The number of halogens is 2. The van der Waals surface area contributed by atoms with E-state index in [1.807, 2.05) is 0 Å². The number of benzene rings is 1. The van der Waals surface area contributed by atoms with Gasteiger partial charge in [-0.3, -0.25) is 0 Å². The molecule has 1 aromatic heterocycles. The van der Waals surface area contributed by atoms with Crippen LogP contribution in [0.2, 0.25) is 10.2 Å². The smallest absolute Gasteiger partial charge is 0.242 e. The van der Waals surface area contributed by atoms with Crippen molar-refractivity contribution in [2.45, 2.75) is 37.5 Å². The second kappa shape index (κ2) is 8.00. The van der Waals surface area contributed by atoms with Crippen molar-refractivity contribution in [1.82, 2.24) is 9.29 Å². The molecule has 4 nitrogen and oxygen atoms in total. The molecule has 0 spiro atoms. The van der Waals surface area contributed by atoms with E-state index in [1.54, 1.807) is 6.07 Å². The number of rotatable bonds is 2. The van der Waals surface area contributed by atoms with Crippen LogP contribution in [0, 0.1) is 5.92 Å². The quantitative estimate of drug-likeness (QED) is 0.680. The highest BCUT2D eigenvalue weighted by Crippen LogP contribution is 2.30.